The van der Waals surface area contributed by atoms with Gasteiger partial charge < -0.3 is 40.4 Å². The molecule has 3 rings (SSSR count). The van der Waals surface area contributed by atoms with Crippen LogP contribution in [0.3, 0.4) is 0 Å². The minimum absolute atomic E-state index is 0.0302. The first-order valence-electron chi connectivity index (χ1n) is 11.7. The van der Waals surface area contributed by atoms with E-state index in [1.54, 1.807) is 0 Å². The molecule has 202 valence electrons. The molecule has 5 atom stereocenters. The van der Waals surface area contributed by atoms with Crippen LogP contribution in [-0.4, -0.2) is 101 Å². The Morgan fingerprint density at radius 2 is 1.78 bits per heavy atom. The van der Waals surface area contributed by atoms with Gasteiger partial charge >= 0.3 is 5.69 Å². The van der Waals surface area contributed by atoms with Crippen LogP contribution in [0.25, 0.3) is 0 Å². The van der Waals surface area contributed by atoms with Gasteiger partial charge in [-0.15, -0.1) is 0 Å². The van der Waals surface area contributed by atoms with Crippen molar-refractivity contribution < 1.29 is 34.0 Å². The molecule has 1 aliphatic heterocycles. The van der Waals surface area contributed by atoms with Gasteiger partial charge in [0.05, 0.1) is 13.2 Å². The van der Waals surface area contributed by atoms with Crippen LogP contribution < -0.4 is 16.7 Å². The molecule has 1 aromatic carbocycles. The number of carbonyl (C=O) groups is 2. The van der Waals surface area contributed by atoms with Crippen molar-refractivity contribution in [3.05, 3.63) is 58.6 Å². The van der Waals surface area contributed by atoms with Crippen molar-refractivity contribution >= 4 is 17.6 Å². The van der Waals surface area contributed by atoms with Gasteiger partial charge in [0.25, 0.3) is 5.91 Å². The summed E-state index contributed by atoms with van der Waals surface area (Å²) >= 11 is 0. The number of nitrogens with zero attached hydrogens (tertiary/aromatic N) is 3. The summed E-state index contributed by atoms with van der Waals surface area (Å²) < 4.78 is 16.7. The molecule has 1 aliphatic rings. The molecule has 2 aromatic rings. The number of hydrogen-bond acceptors (Lipinski definition) is 10. The van der Waals surface area contributed by atoms with Crippen molar-refractivity contribution in [1.29, 1.82) is 0 Å². The average molecular weight is 520 g/mol. The number of amides is 2. The van der Waals surface area contributed by atoms with Gasteiger partial charge in [0.15, 0.2) is 12.3 Å². The fourth-order valence-corrected chi connectivity index (χ4v) is 3.98. The Morgan fingerprint density at radius 3 is 2.38 bits per heavy atom. The monoisotopic (exact) mass is 519 g/mol. The Balaban J connectivity index is 1.81. The SMILES string of the molecule is COCCN(CCOC)C(=O)[C@@H](Cc1ccccc1)NC(=O)[C@H]1O[C@@H](n2ccc(N)nc2=O)[C@H](O)[C@@H]1O. The number of ether oxygens (including phenoxy) is 3. The molecule has 0 bridgehead atoms. The van der Waals surface area contributed by atoms with Crippen LogP contribution in [-0.2, 0) is 30.2 Å². The largest absolute Gasteiger partial charge is 0.387 e. The molecule has 0 radical (unpaired) electrons. The highest BCUT2D eigenvalue weighted by atomic mass is 16.6. The van der Waals surface area contributed by atoms with Crippen molar-refractivity contribution in [2.24, 2.45) is 0 Å². The summed E-state index contributed by atoms with van der Waals surface area (Å²) in [5, 5.41) is 23.7. The minimum atomic E-state index is -1.67. The topological polar surface area (TPSA) is 178 Å². The predicted octanol–water partition coefficient (Wildman–Crippen LogP) is -1.71. The quantitative estimate of drug-likeness (QED) is 0.252. The number of nitrogen functional groups attached to an aromatic ring is 1. The fourth-order valence-electron chi connectivity index (χ4n) is 3.98. The number of anilines is 1. The number of nitrogens with two attached hydrogens (primary N) is 1. The van der Waals surface area contributed by atoms with Crippen molar-refractivity contribution in [3.63, 3.8) is 0 Å². The van der Waals surface area contributed by atoms with E-state index in [4.69, 9.17) is 19.9 Å². The standard InChI is InChI=1S/C24H33N5O8/c1-35-12-10-28(11-13-36-2)22(33)16(14-15-6-4-3-5-7-15)26-21(32)20-18(30)19(31)23(37-20)29-9-8-17(25)27-24(29)34/h3-9,16,18-20,23,30-31H,10-14H2,1-2H3,(H,26,32)(H2,25,27,34)/t16-,18+,19-,20+,23-/m1/s1. The van der Waals surface area contributed by atoms with E-state index in [9.17, 15) is 24.6 Å². The maximum atomic E-state index is 13.5. The van der Waals surface area contributed by atoms with Crippen LogP contribution in [0.1, 0.15) is 11.8 Å². The predicted molar refractivity (Wildman–Crippen MR) is 131 cm³/mol. The summed E-state index contributed by atoms with van der Waals surface area (Å²) in [4.78, 5) is 44.0. The zero-order valence-corrected chi connectivity index (χ0v) is 20.7. The fraction of sp³-hybridized carbons (Fsp3) is 0.500. The van der Waals surface area contributed by atoms with E-state index in [2.05, 4.69) is 10.3 Å². The van der Waals surface area contributed by atoms with Crippen LogP contribution in [0.2, 0.25) is 0 Å². The third-order valence-corrected chi connectivity index (χ3v) is 5.96. The van der Waals surface area contributed by atoms with Gasteiger partial charge in [-0.1, -0.05) is 30.3 Å². The number of methoxy groups -OCH3 is 2. The van der Waals surface area contributed by atoms with Gasteiger partial charge in [-0.3, -0.25) is 14.2 Å². The first-order chi connectivity index (χ1) is 17.8. The van der Waals surface area contributed by atoms with E-state index in [1.807, 2.05) is 30.3 Å². The van der Waals surface area contributed by atoms with E-state index in [-0.39, 0.29) is 44.4 Å². The maximum absolute atomic E-state index is 13.5. The lowest BCUT2D eigenvalue weighted by molar-refractivity contribution is -0.144. The number of benzene rings is 1. The Kier molecular flexibility index (Phi) is 10.1. The first kappa shape index (κ1) is 28.2. The molecule has 0 spiro atoms. The number of carbonyl (C=O) groups excluding carboxylic acids is 2. The molecule has 1 saturated heterocycles. The molecule has 2 heterocycles. The molecular weight excluding hydrogens is 486 g/mol. The molecule has 1 fully saturated rings. The van der Waals surface area contributed by atoms with Crippen LogP contribution in [0, 0.1) is 0 Å². The second kappa shape index (κ2) is 13.3. The van der Waals surface area contributed by atoms with Gasteiger partial charge in [0, 0.05) is 39.9 Å². The highest BCUT2D eigenvalue weighted by Gasteiger charge is 2.48. The van der Waals surface area contributed by atoms with Crippen LogP contribution in [0.5, 0.6) is 0 Å². The summed E-state index contributed by atoms with van der Waals surface area (Å²) in [6, 6.07) is 9.41. The molecule has 2 amide bonds. The molecule has 0 saturated carbocycles. The number of rotatable bonds is 12. The Bertz CT molecular complexity index is 1090. The molecule has 5 N–H and O–H groups in total. The number of nitrogens with one attached hydrogen (secondary N) is 1. The lowest BCUT2D eigenvalue weighted by Crippen LogP contribution is -2.54. The van der Waals surface area contributed by atoms with Gasteiger partial charge in [-0.25, -0.2) is 4.79 Å². The summed E-state index contributed by atoms with van der Waals surface area (Å²) in [5.74, 6) is -1.23. The number of aromatic nitrogens is 2. The van der Waals surface area contributed by atoms with Gasteiger partial charge in [-0.05, 0) is 11.6 Å². The molecule has 1 aromatic heterocycles. The molecule has 0 unspecified atom stereocenters. The lowest BCUT2D eigenvalue weighted by Gasteiger charge is -2.28. The van der Waals surface area contributed by atoms with E-state index in [0.717, 1.165) is 10.1 Å². The zero-order chi connectivity index (χ0) is 26.9. The van der Waals surface area contributed by atoms with Crippen LogP contribution in [0.15, 0.2) is 47.4 Å². The molecule has 0 aliphatic carbocycles. The van der Waals surface area contributed by atoms with E-state index in [0.29, 0.717) is 0 Å². The lowest BCUT2D eigenvalue weighted by atomic mass is 10.0. The van der Waals surface area contributed by atoms with E-state index in [1.165, 1.54) is 31.4 Å². The maximum Gasteiger partial charge on any atom is 0.351 e. The molecule has 37 heavy (non-hydrogen) atoms. The molecule has 13 nitrogen and oxygen atoms in total. The van der Waals surface area contributed by atoms with E-state index < -0.39 is 42.2 Å². The first-order valence-corrected chi connectivity index (χ1v) is 11.7. The van der Waals surface area contributed by atoms with Crippen molar-refractivity contribution in [1.82, 2.24) is 19.8 Å². The average Bonchev–Trinajstić information content (AvgIpc) is 3.18. The molecule has 13 heteroatoms. The summed E-state index contributed by atoms with van der Waals surface area (Å²) in [6.45, 7) is 1.11. The highest BCUT2D eigenvalue weighted by Crippen LogP contribution is 2.28. The highest BCUT2D eigenvalue weighted by molar-refractivity contribution is 5.90. The Hall–Kier alpha value is -3.36. The summed E-state index contributed by atoms with van der Waals surface area (Å²) in [5.41, 5.74) is 5.48. The third kappa shape index (κ3) is 7.11. The van der Waals surface area contributed by atoms with Crippen molar-refractivity contribution in [3.8, 4) is 0 Å². The normalized spacial score (nSPS) is 21.9. The number of aliphatic hydroxyl groups excluding tert-OH is 2. The van der Waals surface area contributed by atoms with Crippen LogP contribution in [0.4, 0.5) is 5.82 Å². The van der Waals surface area contributed by atoms with Gasteiger partial charge in [0.2, 0.25) is 5.91 Å². The summed E-state index contributed by atoms with van der Waals surface area (Å²) in [6.07, 6.45) is -4.80. The van der Waals surface area contributed by atoms with Crippen LogP contribution >= 0.6 is 0 Å². The minimum Gasteiger partial charge on any atom is -0.387 e. The number of aliphatic hydroxyl groups is 2. The second-order valence-electron chi connectivity index (χ2n) is 8.53. The van der Waals surface area contributed by atoms with E-state index >= 15 is 0 Å². The van der Waals surface area contributed by atoms with Crippen molar-refractivity contribution in [2.45, 2.75) is 37.0 Å². The smallest absolute Gasteiger partial charge is 0.351 e. The summed E-state index contributed by atoms with van der Waals surface area (Å²) in [7, 11) is 3.04. The Morgan fingerprint density at radius 1 is 1.14 bits per heavy atom. The second-order valence-corrected chi connectivity index (χ2v) is 8.53. The third-order valence-electron chi connectivity index (χ3n) is 5.96. The zero-order valence-electron chi connectivity index (χ0n) is 20.7. The number of hydrogen-bond donors (Lipinski definition) is 4. The van der Waals surface area contributed by atoms with Gasteiger partial charge in [-0.2, -0.15) is 4.98 Å². The Labute approximate surface area is 213 Å². The van der Waals surface area contributed by atoms with Crippen molar-refractivity contribution in [2.75, 3.05) is 46.3 Å². The van der Waals surface area contributed by atoms with Gasteiger partial charge in [0.1, 0.15) is 24.1 Å². The molecular formula is C24H33N5O8.